The quantitative estimate of drug-likeness (QED) is 0.772. The van der Waals surface area contributed by atoms with Gasteiger partial charge in [-0.15, -0.1) is 0 Å². The van der Waals surface area contributed by atoms with Gasteiger partial charge in [-0.05, 0) is 29.4 Å². The monoisotopic (exact) mass is 254 g/mol. The minimum absolute atomic E-state index is 0.350. The second kappa shape index (κ2) is 5.87. The van der Waals surface area contributed by atoms with Gasteiger partial charge < -0.3 is 4.57 Å². The van der Waals surface area contributed by atoms with Gasteiger partial charge in [-0.2, -0.15) is 0 Å². The summed E-state index contributed by atoms with van der Waals surface area (Å²) >= 11 is 0. The SMILES string of the molecule is CC(C)(C)CC/C(=C\n1ccnc1)c1ccccc1. The van der Waals surface area contributed by atoms with E-state index >= 15 is 0 Å². The van der Waals surface area contributed by atoms with Crippen LogP contribution in [0.3, 0.4) is 0 Å². The molecule has 1 heterocycles. The van der Waals surface area contributed by atoms with Crippen LogP contribution in [0.2, 0.25) is 0 Å². The molecule has 2 aromatic rings. The molecular formula is C17H22N2. The molecule has 0 spiro atoms. The molecule has 0 saturated carbocycles. The van der Waals surface area contributed by atoms with E-state index in [4.69, 9.17) is 0 Å². The van der Waals surface area contributed by atoms with E-state index in [1.165, 1.54) is 17.6 Å². The number of nitrogens with zero attached hydrogens (tertiary/aromatic N) is 2. The van der Waals surface area contributed by atoms with Crippen LogP contribution in [0.5, 0.6) is 0 Å². The zero-order valence-corrected chi connectivity index (χ0v) is 12.0. The highest BCUT2D eigenvalue weighted by Gasteiger charge is 2.12. The van der Waals surface area contributed by atoms with Crippen molar-refractivity contribution in [3.05, 3.63) is 54.6 Å². The molecular weight excluding hydrogens is 232 g/mol. The molecule has 1 aromatic heterocycles. The molecule has 0 bridgehead atoms. The summed E-state index contributed by atoms with van der Waals surface area (Å²) in [4.78, 5) is 4.10. The predicted octanol–water partition coefficient (Wildman–Crippen LogP) is 4.71. The summed E-state index contributed by atoms with van der Waals surface area (Å²) in [5.74, 6) is 0. The molecule has 2 heteroatoms. The Morgan fingerprint density at radius 2 is 1.95 bits per heavy atom. The van der Waals surface area contributed by atoms with Crippen LogP contribution >= 0.6 is 0 Å². The maximum Gasteiger partial charge on any atom is 0.0986 e. The number of aromatic nitrogens is 2. The lowest BCUT2D eigenvalue weighted by Gasteiger charge is -2.19. The maximum absolute atomic E-state index is 4.10. The number of hydrogen-bond donors (Lipinski definition) is 0. The van der Waals surface area contributed by atoms with Crippen molar-refractivity contribution in [3.63, 3.8) is 0 Å². The number of imidazole rings is 1. The minimum atomic E-state index is 0.350. The molecule has 1 aromatic carbocycles. The molecule has 0 unspecified atom stereocenters. The molecule has 0 fully saturated rings. The molecule has 0 aliphatic heterocycles. The molecule has 19 heavy (non-hydrogen) atoms. The van der Waals surface area contributed by atoms with Crippen LogP contribution in [-0.2, 0) is 0 Å². The Hall–Kier alpha value is -1.83. The standard InChI is InChI=1S/C17H22N2/c1-17(2,3)10-9-16(13-19-12-11-18-14-19)15-7-5-4-6-8-15/h4-8,11-14H,9-10H2,1-3H3/b16-13+. The van der Waals surface area contributed by atoms with E-state index in [2.05, 4.69) is 62.3 Å². The molecule has 2 rings (SSSR count). The number of hydrogen-bond acceptors (Lipinski definition) is 1. The summed E-state index contributed by atoms with van der Waals surface area (Å²) in [5.41, 5.74) is 3.00. The van der Waals surface area contributed by atoms with Gasteiger partial charge >= 0.3 is 0 Å². The molecule has 2 nitrogen and oxygen atoms in total. The van der Waals surface area contributed by atoms with Crippen molar-refractivity contribution in [2.24, 2.45) is 5.41 Å². The van der Waals surface area contributed by atoms with Crippen molar-refractivity contribution in [1.82, 2.24) is 9.55 Å². The van der Waals surface area contributed by atoms with Gasteiger partial charge in [0.1, 0.15) is 0 Å². The lowest BCUT2D eigenvalue weighted by Crippen LogP contribution is -2.05. The Morgan fingerprint density at radius 1 is 1.21 bits per heavy atom. The molecule has 0 saturated heterocycles. The molecule has 0 N–H and O–H groups in total. The number of benzene rings is 1. The highest BCUT2D eigenvalue weighted by Crippen LogP contribution is 2.28. The summed E-state index contributed by atoms with van der Waals surface area (Å²) < 4.78 is 2.02. The van der Waals surface area contributed by atoms with Crippen LogP contribution in [0.15, 0.2) is 49.1 Å². The highest BCUT2D eigenvalue weighted by atomic mass is 15.0. The van der Waals surface area contributed by atoms with Gasteiger partial charge in [0.25, 0.3) is 0 Å². The van der Waals surface area contributed by atoms with Gasteiger partial charge in [0.2, 0.25) is 0 Å². The van der Waals surface area contributed by atoms with Crippen molar-refractivity contribution in [3.8, 4) is 0 Å². The first kappa shape index (κ1) is 13.6. The van der Waals surface area contributed by atoms with Gasteiger partial charge in [-0.3, -0.25) is 0 Å². The summed E-state index contributed by atoms with van der Waals surface area (Å²) in [5, 5.41) is 0. The number of rotatable bonds is 4. The van der Waals surface area contributed by atoms with E-state index in [0.717, 1.165) is 6.42 Å². The van der Waals surface area contributed by atoms with Crippen LogP contribution in [0.4, 0.5) is 0 Å². The lowest BCUT2D eigenvalue weighted by molar-refractivity contribution is 0.384. The van der Waals surface area contributed by atoms with E-state index < -0.39 is 0 Å². The lowest BCUT2D eigenvalue weighted by atomic mass is 9.87. The van der Waals surface area contributed by atoms with Gasteiger partial charge in [-0.25, -0.2) is 4.98 Å². The second-order valence-electron chi connectivity index (χ2n) is 6.09. The van der Waals surface area contributed by atoms with E-state index in [9.17, 15) is 0 Å². The highest BCUT2D eigenvalue weighted by molar-refractivity contribution is 5.75. The zero-order chi connectivity index (χ0) is 13.7. The first-order valence-electron chi connectivity index (χ1n) is 6.78. The second-order valence-corrected chi connectivity index (χ2v) is 6.09. The van der Waals surface area contributed by atoms with Crippen molar-refractivity contribution in [2.75, 3.05) is 0 Å². The fourth-order valence-corrected chi connectivity index (χ4v) is 1.97. The largest absolute Gasteiger partial charge is 0.313 e. The van der Waals surface area contributed by atoms with Gasteiger partial charge in [0.15, 0.2) is 0 Å². The van der Waals surface area contributed by atoms with Gasteiger partial charge in [-0.1, -0.05) is 51.1 Å². The fraction of sp³-hybridized carbons (Fsp3) is 0.353. The van der Waals surface area contributed by atoms with Gasteiger partial charge in [0.05, 0.1) is 6.33 Å². The Bertz CT molecular complexity index is 516. The van der Waals surface area contributed by atoms with Gasteiger partial charge in [0, 0.05) is 18.6 Å². The summed E-state index contributed by atoms with van der Waals surface area (Å²) in [6.07, 6.45) is 10.0. The van der Waals surface area contributed by atoms with E-state index in [1.54, 1.807) is 0 Å². The Morgan fingerprint density at radius 3 is 2.53 bits per heavy atom. The van der Waals surface area contributed by atoms with Crippen LogP contribution in [0, 0.1) is 5.41 Å². The first-order chi connectivity index (χ1) is 9.04. The molecule has 0 radical (unpaired) electrons. The fourth-order valence-electron chi connectivity index (χ4n) is 1.97. The van der Waals surface area contributed by atoms with Crippen molar-refractivity contribution in [2.45, 2.75) is 33.6 Å². The van der Waals surface area contributed by atoms with Crippen molar-refractivity contribution >= 4 is 11.8 Å². The molecule has 0 amide bonds. The first-order valence-corrected chi connectivity index (χ1v) is 6.78. The van der Waals surface area contributed by atoms with E-state index in [0.29, 0.717) is 5.41 Å². The molecule has 0 aliphatic carbocycles. The van der Waals surface area contributed by atoms with Crippen molar-refractivity contribution in [1.29, 1.82) is 0 Å². The zero-order valence-electron chi connectivity index (χ0n) is 12.0. The Kier molecular flexibility index (Phi) is 4.20. The third kappa shape index (κ3) is 4.40. The molecule has 0 atom stereocenters. The predicted molar refractivity (Wildman–Crippen MR) is 81.5 cm³/mol. The van der Waals surface area contributed by atoms with Crippen LogP contribution in [-0.4, -0.2) is 9.55 Å². The average Bonchev–Trinajstić information content (AvgIpc) is 2.87. The third-order valence-electron chi connectivity index (χ3n) is 3.12. The van der Waals surface area contributed by atoms with Crippen LogP contribution in [0.25, 0.3) is 11.8 Å². The van der Waals surface area contributed by atoms with E-state index in [-0.39, 0.29) is 0 Å². The van der Waals surface area contributed by atoms with Crippen molar-refractivity contribution < 1.29 is 0 Å². The third-order valence-corrected chi connectivity index (χ3v) is 3.12. The summed E-state index contributed by atoms with van der Waals surface area (Å²) in [6.45, 7) is 6.85. The molecule has 100 valence electrons. The Labute approximate surface area is 115 Å². The minimum Gasteiger partial charge on any atom is -0.313 e. The summed E-state index contributed by atoms with van der Waals surface area (Å²) in [7, 11) is 0. The molecule has 0 aliphatic rings. The Balaban J connectivity index is 2.24. The maximum atomic E-state index is 4.10. The topological polar surface area (TPSA) is 17.8 Å². The van der Waals surface area contributed by atoms with E-state index in [1.807, 2.05) is 23.3 Å². The summed E-state index contributed by atoms with van der Waals surface area (Å²) in [6, 6.07) is 10.6. The smallest absolute Gasteiger partial charge is 0.0986 e. The average molecular weight is 254 g/mol. The van der Waals surface area contributed by atoms with Crippen LogP contribution in [0.1, 0.15) is 39.2 Å². The number of allylic oxidation sites excluding steroid dienone is 1. The normalized spacial score (nSPS) is 12.7. The van der Waals surface area contributed by atoms with Crippen LogP contribution < -0.4 is 0 Å².